The number of hydrogen-bond donors (Lipinski definition) is 1. The van der Waals surface area contributed by atoms with Gasteiger partial charge in [0.2, 0.25) is 0 Å². The molecule has 0 saturated heterocycles. The summed E-state index contributed by atoms with van der Waals surface area (Å²) in [5.41, 5.74) is 1.33. The second-order valence-corrected chi connectivity index (χ2v) is 4.39. The Kier molecular flexibility index (Phi) is 1.94. The van der Waals surface area contributed by atoms with Crippen LogP contribution in [0.25, 0.3) is 11.1 Å². The van der Waals surface area contributed by atoms with Crippen molar-refractivity contribution in [2.75, 3.05) is 0 Å². The second kappa shape index (κ2) is 3.22. The van der Waals surface area contributed by atoms with Crippen molar-refractivity contribution in [2.24, 2.45) is 5.92 Å². The molecule has 2 unspecified atom stereocenters. The Labute approximate surface area is 95.8 Å². The van der Waals surface area contributed by atoms with Crippen molar-refractivity contribution in [3.8, 4) is 0 Å². The monoisotopic (exact) mass is 237 g/mol. The molecule has 0 bridgehead atoms. The van der Waals surface area contributed by atoms with Crippen LogP contribution in [0.1, 0.15) is 18.2 Å². The minimum Gasteiger partial charge on any atom is -0.481 e. The summed E-state index contributed by atoms with van der Waals surface area (Å²) < 4.78 is 5.49. The summed E-state index contributed by atoms with van der Waals surface area (Å²) >= 11 is 5.83. The molecule has 1 N–H and O–H groups in total. The Bertz CT molecular complexity index is 578. The van der Waals surface area contributed by atoms with Gasteiger partial charge in [-0.2, -0.15) is 0 Å². The van der Waals surface area contributed by atoms with E-state index in [-0.39, 0.29) is 11.8 Å². The Morgan fingerprint density at radius 1 is 1.56 bits per heavy atom. The van der Waals surface area contributed by atoms with Gasteiger partial charge >= 0.3 is 5.97 Å². The highest BCUT2D eigenvalue weighted by Gasteiger charge is 2.47. The highest BCUT2D eigenvalue weighted by molar-refractivity contribution is 6.31. The van der Waals surface area contributed by atoms with E-state index in [9.17, 15) is 4.79 Å². The van der Waals surface area contributed by atoms with Gasteiger partial charge in [-0.3, -0.25) is 4.79 Å². The molecule has 3 rings (SSSR count). The third-order valence-electron chi connectivity index (χ3n) is 2.79. The maximum atomic E-state index is 10.7. The number of fused-ring (bicyclic) bond motifs is 1. The van der Waals surface area contributed by atoms with Crippen molar-refractivity contribution in [3.63, 3.8) is 0 Å². The first-order chi connectivity index (χ1) is 7.65. The number of benzene rings is 1. The number of aliphatic carboxylic acids is 1. The molecule has 82 valence electrons. The van der Waals surface area contributed by atoms with Crippen LogP contribution < -0.4 is 0 Å². The highest BCUT2D eigenvalue weighted by atomic mass is 35.5. The average molecular weight is 238 g/mol. The summed E-state index contributed by atoms with van der Waals surface area (Å²) in [6.45, 7) is 0. The molecule has 16 heavy (non-hydrogen) atoms. The summed E-state index contributed by atoms with van der Waals surface area (Å²) in [5, 5.41) is 9.41. The topological polar surface area (TPSA) is 63.3 Å². The van der Waals surface area contributed by atoms with E-state index < -0.39 is 5.97 Å². The Balaban J connectivity index is 1.98. The molecule has 1 fully saturated rings. The van der Waals surface area contributed by atoms with Crippen molar-refractivity contribution in [3.05, 3.63) is 29.1 Å². The fraction of sp³-hybridized carbons (Fsp3) is 0.273. The smallest absolute Gasteiger partial charge is 0.307 e. The van der Waals surface area contributed by atoms with E-state index >= 15 is 0 Å². The van der Waals surface area contributed by atoms with Crippen LogP contribution in [-0.4, -0.2) is 16.1 Å². The van der Waals surface area contributed by atoms with Crippen molar-refractivity contribution >= 4 is 28.7 Å². The predicted octanol–water partition coefficient (Wildman–Crippen LogP) is 2.67. The predicted molar refractivity (Wildman–Crippen MR) is 57.5 cm³/mol. The molecule has 1 heterocycles. The lowest BCUT2D eigenvalue weighted by Gasteiger charge is -1.88. The molecule has 0 amide bonds. The molecule has 0 aliphatic heterocycles. The molecule has 0 spiro atoms. The van der Waals surface area contributed by atoms with E-state index in [2.05, 4.69) is 4.98 Å². The summed E-state index contributed by atoms with van der Waals surface area (Å²) in [6, 6.07) is 5.18. The first kappa shape index (κ1) is 9.66. The van der Waals surface area contributed by atoms with E-state index in [1.165, 1.54) is 0 Å². The van der Waals surface area contributed by atoms with E-state index in [1.807, 2.05) is 0 Å². The minimum absolute atomic E-state index is 0.0799. The zero-order valence-electron chi connectivity index (χ0n) is 8.18. The van der Waals surface area contributed by atoms with E-state index in [4.69, 9.17) is 21.1 Å². The van der Waals surface area contributed by atoms with Crippen LogP contribution in [0.2, 0.25) is 5.02 Å². The summed E-state index contributed by atoms with van der Waals surface area (Å²) in [6.07, 6.45) is 0.607. The number of oxazole rings is 1. The van der Waals surface area contributed by atoms with Crippen molar-refractivity contribution in [2.45, 2.75) is 12.3 Å². The molecule has 1 aromatic carbocycles. The maximum Gasteiger partial charge on any atom is 0.307 e. The first-order valence-corrected chi connectivity index (χ1v) is 5.32. The van der Waals surface area contributed by atoms with Gasteiger partial charge in [0.05, 0.1) is 5.92 Å². The van der Waals surface area contributed by atoms with Gasteiger partial charge in [0.25, 0.3) is 0 Å². The SMILES string of the molecule is O=C(O)C1CC1c1nc2cc(Cl)ccc2o1. The van der Waals surface area contributed by atoms with Gasteiger partial charge in [-0.1, -0.05) is 11.6 Å². The van der Waals surface area contributed by atoms with Crippen LogP contribution in [0.5, 0.6) is 0 Å². The number of nitrogens with zero attached hydrogens (tertiary/aromatic N) is 1. The van der Waals surface area contributed by atoms with Gasteiger partial charge in [0.1, 0.15) is 5.52 Å². The fourth-order valence-corrected chi connectivity index (χ4v) is 1.98. The van der Waals surface area contributed by atoms with Gasteiger partial charge in [-0.15, -0.1) is 0 Å². The molecule has 1 aromatic heterocycles. The Hall–Kier alpha value is -1.55. The van der Waals surface area contributed by atoms with E-state index in [1.54, 1.807) is 18.2 Å². The first-order valence-electron chi connectivity index (χ1n) is 4.94. The number of aromatic nitrogens is 1. The van der Waals surface area contributed by atoms with E-state index in [0.29, 0.717) is 28.4 Å². The largest absolute Gasteiger partial charge is 0.481 e. The number of carboxylic acids is 1. The number of carboxylic acid groups (broad SMARTS) is 1. The molecule has 5 heteroatoms. The molecular formula is C11H8ClNO3. The molecule has 2 atom stereocenters. The zero-order chi connectivity index (χ0) is 11.3. The number of halogens is 1. The number of hydrogen-bond acceptors (Lipinski definition) is 3. The Morgan fingerprint density at radius 3 is 3.06 bits per heavy atom. The molecule has 2 aromatic rings. The van der Waals surface area contributed by atoms with Crippen LogP contribution in [0.3, 0.4) is 0 Å². The molecular weight excluding hydrogens is 230 g/mol. The number of carbonyl (C=O) groups is 1. The van der Waals surface area contributed by atoms with Gasteiger partial charge in [-0.25, -0.2) is 4.98 Å². The lowest BCUT2D eigenvalue weighted by atomic mass is 10.3. The molecule has 0 radical (unpaired) electrons. The quantitative estimate of drug-likeness (QED) is 0.872. The fourth-order valence-electron chi connectivity index (χ4n) is 1.82. The van der Waals surface area contributed by atoms with Crippen LogP contribution >= 0.6 is 11.6 Å². The second-order valence-electron chi connectivity index (χ2n) is 3.95. The van der Waals surface area contributed by atoms with Crippen LogP contribution in [0.4, 0.5) is 0 Å². The zero-order valence-corrected chi connectivity index (χ0v) is 8.94. The van der Waals surface area contributed by atoms with Crippen LogP contribution in [0, 0.1) is 5.92 Å². The van der Waals surface area contributed by atoms with Crippen molar-refractivity contribution < 1.29 is 14.3 Å². The lowest BCUT2D eigenvalue weighted by Crippen LogP contribution is -1.98. The highest BCUT2D eigenvalue weighted by Crippen LogP contribution is 2.47. The standard InChI is InChI=1S/C11H8ClNO3/c12-5-1-2-9-8(3-5)13-10(16-9)6-4-7(6)11(14)15/h1-3,6-7H,4H2,(H,14,15). The summed E-state index contributed by atoms with van der Waals surface area (Å²) in [5.74, 6) is -0.706. The minimum atomic E-state index is -0.787. The van der Waals surface area contributed by atoms with Gasteiger partial charge < -0.3 is 9.52 Å². The van der Waals surface area contributed by atoms with Gasteiger partial charge in [0, 0.05) is 10.9 Å². The van der Waals surface area contributed by atoms with E-state index in [0.717, 1.165) is 0 Å². The van der Waals surface area contributed by atoms with Gasteiger partial charge in [-0.05, 0) is 24.6 Å². The van der Waals surface area contributed by atoms with Crippen molar-refractivity contribution in [1.82, 2.24) is 4.98 Å². The third kappa shape index (κ3) is 1.46. The Morgan fingerprint density at radius 2 is 2.38 bits per heavy atom. The van der Waals surface area contributed by atoms with Crippen molar-refractivity contribution in [1.29, 1.82) is 0 Å². The molecule has 4 nitrogen and oxygen atoms in total. The summed E-state index contributed by atoms with van der Waals surface area (Å²) in [4.78, 5) is 15.0. The van der Waals surface area contributed by atoms with Crippen LogP contribution in [-0.2, 0) is 4.79 Å². The summed E-state index contributed by atoms with van der Waals surface area (Å²) in [7, 11) is 0. The third-order valence-corrected chi connectivity index (χ3v) is 3.03. The molecule has 1 aliphatic carbocycles. The molecule has 1 aliphatic rings. The maximum absolute atomic E-state index is 10.7. The number of rotatable bonds is 2. The normalized spacial score (nSPS) is 23.6. The molecule has 1 saturated carbocycles. The average Bonchev–Trinajstić information content (AvgIpc) is 2.93. The van der Waals surface area contributed by atoms with Crippen LogP contribution in [0.15, 0.2) is 22.6 Å². The lowest BCUT2D eigenvalue weighted by molar-refractivity contribution is -0.138. The van der Waals surface area contributed by atoms with Gasteiger partial charge in [0.15, 0.2) is 11.5 Å².